The van der Waals surface area contributed by atoms with Crippen LogP contribution < -0.4 is 5.32 Å². The monoisotopic (exact) mass is 359 g/mol. The molecule has 9 heteroatoms. The van der Waals surface area contributed by atoms with Gasteiger partial charge in [0.05, 0.1) is 21.6 Å². The number of nitrogens with one attached hydrogen (secondary N) is 1. The topological polar surface area (TPSA) is 92.6 Å². The van der Waals surface area contributed by atoms with E-state index in [-0.39, 0.29) is 23.0 Å². The van der Waals surface area contributed by atoms with Gasteiger partial charge in [0.15, 0.2) is 0 Å². The Bertz CT molecular complexity index is 638. The maximum atomic E-state index is 11.7. The van der Waals surface area contributed by atoms with Crippen LogP contribution in [0.1, 0.15) is 12.8 Å². The Balaban J connectivity index is 1.79. The Morgan fingerprint density at radius 1 is 1.48 bits per heavy atom. The summed E-state index contributed by atoms with van der Waals surface area (Å²) in [7, 11) is 0. The molecule has 0 radical (unpaired) electrons. The van der Waals surface area contributed by atoms with Gasteiger partial charge in [0.2, 0.25) is 11.1 Å². The molecule has 0 aromatic heterocycles. The third kappa shape index (κ3) is 4.56. The number of rotatable bonds is 7. The van der Waals surface area contributed by atoms with E-state index in [9.17, 15) is 19.7 Å². The summed E-state index contributed by atoms with van der Waals surface area (Å²) in [6.07, 6.45) is 0.826. The summed E-state index contributed by atoms with van der Waals surface area (Å²) < 4.78 is 0. The van der Waals surface area contributed by atoms with Crippen LogP contribution in [0.3, 0.4) is 0 Å². The Hall–Kier alpha value is -1.86. The summed E-state index contributed by atoms with van der Waals surface area (Å²) in [4.78, 5) is 34.5. The first-order chi connectivity index (χ1) is 10.9. The van der Waals surface area contributed by atoms with Crippen LogP contribution >= 0.6 is 23.2 Å². The van der Waals surface area contributed by atoms with Gasteiger partial charge in [-0.2, -0.15) is 0 Å². The maximum absolute atomic E-state index is 11.7. The minimum absolute atomic E-state index is 0.0694. The zero-order valence-electron chi connectivity index (χ0n) is 12.1. The SMILES string of the molecule is O=C(Cl)C1CC(=O)N(CCCNc2ccc([N+](=O)[O-])cc2Cl)C1. The van der Waals surface area contributed by atoms with Crippen LogP contribution in [0.4, 0.5) is 11.4 Å². The molecule has 1 aliphatic rings. The van der Waals surface area contributed by atoms with Crippen molar-refractivity contribution in [2.45, 2.75) is 12.8 Å². The summed E-state index contributed by atoms with van der Waals surface area (Å²) in [5, 5.41) is 13.5. The Labute approximate surface area is 142 Å². The highest BCUT2D eigenvalue weighted by Gasteiger charge is 2.32. The van der Waals surface area contributed by atoms with E-state index in [0.717, 1.165) is 0 Å². The van der Waals surface area contributed by atoms with Crippen molar-refractivity contribution in [2.24, 2.45) is 5.92 Å². The van der Waals surface area contributed by atoms with Crippen LogP contribution in [0.5, 0.6) is 0 Å². The molecule has 1 heterocycles. The molecule has 23 heavy (non-hydrogen) atoms. The summed E-state index contributed by atoms with van der Waals surface area (Å²) >= 11 is 11.4. The standard InChI is InChI=1S/C14H15Cl2N3O4/c15-11-7-10(19(22)23)2-3-12(11)17-4-1-5-18-8-9(14(16)21)6-13(18)20/h2-3,7,9,17H,1,4-6,8H2. The van der Waals surface area contributed by atoms with Crippen LogP contribution in [0.25, 0.3) is 0 Å². The minimum atomic E-state index is -0.511. The molecule has 1 atom stereocenters. The number of nitro benzene ring substituents is 1. The molecule has 2 rings (SSSR count). The molecule has 1 N–H and O–H groups in total. The molecule has 1 unspecified atom stereocenters. The van der Waals surface area contributed by atoms with E-state index in [0.29, 0.717) is 31.7 Å². The van der Waals surface area contributed by atoms with Gasteiger partial charge < -0.3 is 10.2 Å². The number of non-ortho nitro benzene ring substituents is 1. The van der Waals surface area contributed by atoms with Crippen molar-refractivity contribution in [3.8, 4) is 0 Å². The number of benzene rings is 1. The zero-order chi connectivity index (χ0) is 17.0. The molecule has 1 aromatic carbocycles. The Morgan fingerprint density at radius 3 is 2.78 bits per heavy atom. The first-order valence-corrected chi connectivity index (χ1v) is 7.79. The lowest BCUT2D eigenvalue weighted by atomic mass is 10.1. The minimum Gasteiger partial charge on any atom is -0.384 e. The number of anilines is 1. The molecule has 0 spiro atoms. The van der Waals surface area contributed by atoms with Crippen molar-refractivity contribution in [3.05, 3.63) is 33.3 Å². The average molecular weight is 360 g/mol. The molecule has 0 bridgehead atoms. The summed E-state index contributed by atoms with van der Waals surface area (Å²) in [6.45, 7) is 1.41. The third-order valence-electron chi connectivity index (χ3n) is 3.62. The van der Waals surface area contributed by atoms with Crippen LogP contribution in [-0.4, -0.2) is 40.6 Å². The van der Waals surface area contributed by atoms with Gasteiger partial charge >= 0.3 is 0 Å². The lowest BCUT2D eigenvalue weighted by Crippen LogP contribution is -2.28. The number of hydrogen-bond acceptors (Lipinski definition) is 5. The van der Waals surface area contributed by atoms with Gasteiger partial charge in [-0.25, -0.2) is 0 Å². The number of likely N-dealkylation sites (tertiary alicyclic amines) is 1. The fourth-order valence-corrected chi connectivity index (χ4v) is 2.78. The first-order valence-electron chi connectivity index (χ1n) is 7.03. The number of carbonyl (C=O) groups excluding carboxylic acids is 2. The summed E-state index contributed by atoms with van der Waals surface area (Å²) in [5.74, 6) is -0.487. The van der Waals surface area contributed by atoms with Crippen LogP contribution in [-0.2, 0) is 9.59 Å². The van der Waals surface area contributed by atoms with E-state index in [2.05, 4.69) is 5.32 Å². The number of hydrogen-bond donors (Lipinski definition) is 1. The van der Waals surface area contributed by atoms with Crippen molar-refractivity contribution in [1.29, 1.82) is 0 Å². The molecule has 124 valence electrons. The highest BCUT2D eigenvalue weighted by atomic mass is 35.5. The fourth-order valence-electron chi connectivity index (χ4n) is 2.39. The van der Waals surface area contributed by atoms with Gasteiger partial charge in [-0.1, -0.05) is 11.6 Å². The molecule has 1 aromatic rings. The summed E-state index contributed by atoms with van der Waals surface area (Å²) in [6, 6.07) is 4.20. The molecule has 1 aliphatic heterocycles. The van der Waals surface area contributed by atoms with E-state index < -0.39 is 16.1 Å². The molecule has 7 nitrogen and oxygen atoms in total. The third-order valence-corrected chi connectivity index (χ3v) is 4.24. The largest absolute Gasteiger partial charge is 0.384 e. The van der Waals surface area contributed by atoms with Crippen molar-refractivity contribution >= 4 is 45.7 Å². The molecular formula is C14H15Cl2N3O4. The highest BCUT2D eigenvalue weighted by Crippen LogP contribution is 2.26. The number of nitro groups is 1. The van der Waals surface area contributed by atoms with Gasteiger partial charge in [-0.05, 0) is 24.1 Å². The number of nitrogens with zero attached hydrogens (tertiary/aromatic N) is 2. The highest BCUT2D eigenvalue weighted by molar-refractivity contribution is 6.64. The molecule has 1 saturated heterocycles. The molecule has 1 fully saturated rings. The predicted molar refractivity (Wildman–Crippen MR) is 86.8 cm³/mol. The van der Waals surface area contributed by atoms with Gasteiger partial charge in [0.25, 0.3) is 5.69 Å². The van der Waals surface area contributed by atoms with Crippen molar-refractivity contribution in [2.75, 3.05) is 25.0 Å². The van der Waals surface area contributed by atoms with Crippen molar-refractivity contribution < 1.29 is 14.5 Å². The van der Waals surface area contributed by atoms with E-state index >= 15 is 0 Å². The Morgan fingerprint density at radius 2 is 2.22 bits per heavy atom. The van der Waals surface area contributed by atoms with Crippen LogP contribution in [0.15, 0.2) is 18.2 Å². The number of amides is 1. The first kappa shape index (κ1) is 17.5. The lowest BCUT2D eigenvalue weighted by Gasteiger charge is -2.16. The Kier molecular flexibility index (Phi) is 5.79. The van der Waals surface area contributed by atoms with E-state index in [1.807, 2.05) is 0 Å². The van der Waals surface area contributed by atoms with E-state index in [4.69, 9.17) is 23.2 Å². The number of halogens is 2. The van der Waals surface area contributed by atoms with E-state index in [1.165, 1.54) is 12.1 Å². The smallest absolute Gasteiger partial charge is 0.271 e. The normalized spacial score (nSPS) is 17.4. The van der Waals surface area contributed by atoms with Gasteiger partial charge in [-0.15, -0.1) is 0 Å². The number of carbonyl (C=O) groups is 2. The second-order valence-electron chi connectivity index (χ2n) is 5.25. The van der Waals surface area contributed by atoms with Crippen LogP contribution in [0.2, 0.25) is 5.02 Å². The second kappa shape index (κ2) is 7.61. The quantitative estimate of drug-likeness (QED) is 0.349. The van der Waals surface area contributed by atoms with E-state index in [1.54, 1.807) is 11.0 Å². The summed E-state index contributed by atoms with van der Waals surface area (Å²) in [5.41, 5.74) is 0.527. The maximum Gasteiger partial charge on any atom is 0.271 e. The van der Waals surface area contributed by atoms with Crippen LogP contribution in [0, 0.1) is 16.0 Å². The fraction of sp³-hybridized carbons (Fsp3) is 0.429. The predicted octanol–water partition coefficient (Wildman–Crippen LogP) is 2.66. The second-order valence-corrected chi connectivity index (χ2v) is 6.03. The lowest BCUT2D eigenvalue weighted by molar-refractivity contribution is -0.384. The molecular weight excluding hydrogens is 345 g/mol. The zero-order valence-corrected chi connectivity index (χ0v) is 13.6. The van der Waals surface area contributed by atoms with Gasteiger partial charge in [-0.3, -0.25) is 19.7 Å². The molecule has 0 saturated carbocycles. The average Bonchev–Trinajstić information content (AvgIpc) is 2.86. The van der Waals surface area contributed by atoms with Crippen molar-refractivity contribution in [1.82, 2.24) is 4.90 Å². The van der Waals surface area contributed by atoms with Gasteiger partial charge in [0, 0.05) is 38.2 Å². The van der Waals surface area contributed by atoms with Gasteiger partial charge in [0.1, 0.15) is 0 Å². The molecule has 1 amide bonds. The molecule has 0 aliphatic carbocycles. The van der Waals surface area contributed by atoms with Crippen molar-refractivity contribution in [3.63, 3.8) is 0 Å².